The number of benzene rings is 2. The van der Waals surface area contributed by atoms with Crippen molar-refractivity contribution in [3.8, 4) is 0 Å². The van der Waals surface area contributed by atoms with Crippen LogP contribution in [-0.4, -0.2) is 35.3 Å². The number of amides is 2. The molecule has 152 valence electrons. The number of nitrogens with one attached hydrogen (secondary N) is 1. The Hall–Kier alpha value is -3.22. The predicted octanol–water partition coefficient (Wildman–Crippen LogP) is 3.31. The van der Waals surface area contributed by atoms with Crippen LogP contribution in [0.25, 0.3) is 0 Å². The van der Waals surface area contributed by atoms with Gasteiger partial charge < -0.3 is 15.0 Å². The van der Waals surface area contributed by atoms with Crippen LogP contribution in [0.1, 0.15) is 31.9 Å². The first kappa shape index (κ1) is 20.5. The maximum atomic E-state index is 12.9. The van der Waals surface area contributed by atoms with E-state index in [9.17, 15) is 18.8 Å². The summed E-state index contributed by atoms with van der Waals surface area (Å²) in [5.74, 6) is -2.25. The molecule has 2 aromatic carbocycles. The SMILES string of the molecule is C[C@H](OC(=O)[C@H]1CC(=O)N([C@H](C)c2ccccc2)C1)C(=O)Nc1ccc(F)cc1. The zero-order valence-electron chi connectivity index (χ0n) is 16.3. The van der Waals surface area contributed by atoms with E-state index >= 15 is 0 Å². The normalized spacial score (nSPS) is 18.2. The van der Waals surface area contributed by atoms with Gasteiger partial charge in [0.05, 0.1) is 12.0 Å². The van der Waals surface area contributed by atoms with Crippen molar-refractivity contribution >= 4 is 23.5 Å². The van der Waals surface area contributed by atoms with E-state index in [1.165, 1.54) is 31.2 Å². The molecule has 1 fully saturated rings. The molecule has 29 heavy (non-hydrogen) atoms. The van der Waals surface area contributed by atoms with Gasteiger partial charge in [-0.05, 0) is 43.7 Å². The molecule has 0 aliphatic carbocycles. The number of esters is 1. The summed E-state index contributed by atoms with van der Waals surface area (Å²) in [5, 5.41) is 2.56. The Kier molecular flexibility index (Phi) is 6.26. The molecule has 0 unspecified atom stereocenters. The number of hydrogen-bond acceptors (Lipinski definition) is 4. The van der Waals surface area contributed by atoms with Crippen molar-refractivity contribution in [3.05, 3.63) is 66.0 Å². The number of carbonyl (C=O) groups excluding carboxylic acids is 3. The van der Waals surface area contributed by atoms with Gasteiger partial charge in [0, 0.05) is 18.7 Å². The van der Waals surface area contributed by atoms with Crippen LogP contribution in [0.15, 0.2) is 54.6 Å². The van der Waals surface area contributed by atoms with Gasteiger partial charge in [-0.3, -0.25) is 14.4 Å². The van der Waals surface area contributed by atoms with Crippen LogP contribution < -0.4 is 5.32 Å². The summed E-state index contributed by atoms with van der Waals surface area (Å²) >= 11 is 0. The lowest BCUT2D eigenvalue weighted by Crippen LogP contribution is -2.33. The molecule has 1 aliphatic heterocycles. The number of ether oxygens (including phenoxy) is 1. The lowest BCUT2D eigenvalue weighted by molar-refractivity contribution is -0.157. The van der Waals surface area contributed by atoms with Gasteiger partial charge in [-0.25, -0.2) is 4.39 Å². The van der Waals surface area contributed by atoms with Crippen LogP contribution in [0.5, 0.6) is 0 Å². The Bertz CT molecular complexity index is 885. The molecule has 0 bridgehead atoms. The molecule has 0 radical (unpaired) electrons. The van der Waals surface area contributed by atoms with Crippen LogP contribution in [0, 0.1) is 11.7 Å². The van der Waals surface area contributed by atoms with Gasteiger partial charge >= 0.3 is 5.97 Å². The van der Waals surface area contributed by atoms with Crippen LogP contribution in [0.4, 0.5) is 10.1 Å². The van der Waals surface area contributed by atoms with Gasteiger partial charge in [0.1, 0.15) is 5.82 Å². The second-order valence-corrected chi connectivity index (χ2v) is 7.11. The van der Waals surface area contributed by atoms with Gasteiger partial charge in [0.15, 0.2) is 6.10 Å². The summed E-state index contributed by atoms with van der Waals surface area (Å²) in [6.07, 6.45) is -0.981. The number of carbonyl (C=O) groups is 3. The molecule has 2 aromatic rings. The molecule has 1 heterocycles. The lowest BCUT2D eigenvalue weighted by Gasteiger charge is -2.25. The van der Waals surface area contributed by atoms with Gasteiger partial charge in [-0.1, -0.05) is 30.3 Å². The number of anilines is 1. The highest BCUT2D eigenvalue weighted by atomic mass is 19.1. The summed E-state index contributed by atoms with van der Waals surface area (Å²) in [6.45, 7) is 3.62. The van der Waals surface area contributed by atoms with Crippen molar-refractivity contribution < 1.29 is 23.5 Å². The molecular formula is C22H23FN2O4. The number of rotatable bonds is 6. The monoisotopic (exact) mass is 398 g/mol. The molecule has 3 rings (SSSR count). The highest BCUT2D eigenvalue weighted by Crippen LogP contribution is 2.29. The van der Waals surface area contributed by atoms with E-state index in [4.69, 9.17) is 4.74 Å². The predicted molar refractivity (Wildman–Crippen MR) is 105 cm³/mol. The maximum absolute atomic E-state index is 12.9. The third-order valence-electron chi connectivity index (χ3n) is 5.02. The minimum atomic E-state index is -1.04. The van der Waals surface area contributed by atoms with Crippen molar-refractivity contribution in [1.29, 1.82) is 0 Å². The van der Waals surface area contributed by atoms with E-state index in [-0.39, 0.29) is 24.9 Å². The maximum Gasteiger partial charge on any atom is 0.312 e. The first-order valence-corrected chi connectivity index (χ1v) is 9.46. The van der Waals surface area contributed by atoms with E-state index < -0.39 is 29.7 Å². The van der Waals surface area contributed by atoms with Crippen molar-refractivity contribution in [2.45, 2.75) is 32.4 Å². The average molecular weight is 398 g/mol. The Morgan fingerprint density at radius 3 is 2.41 bits per heavy atom. The molecule has 6 nitrogen and oxygen atoms in total. The molecule has 1 N–H and O–H groups in total. The fraction of sp³-hybridized carbons (Fsp3) is 0.318. The summed E-state index contributed by atoms with van der Waals surface area (Å²) < 4.78 is 18.2. The summed E-state index contributed by atoms with van der Waals surface area (Å²) in [6, 6.07) is 14.7. The topological polar surface area (TPSA) is 75.7 Å². The summed E-state index contributed by atoms with van der Waals surface area (Å²) in [7, 11) is 0. The van der Waals surface area contributed by atoms with Crippen LogP contribution >= 0.6 is 0 Å². The van der Waals surface area contributed by atoms with E-state index in [1.54, 1.807) is 4.90 Å². The fourth-order valence-corrected chi connectivity index (χ4v) is 3.28. The lowest BCUT2D eigenvalue weighted by atomic mass is 10.1. The minimum Gasteiger partial charge on any atom is -0.452 e. The zero-order valence-corrected chi connectivity index (χ0v) is 16.3. The molecular weight excluding hydrogens is 375 g/mol. The number of likely N-dealkylation sites (tertiary alicyclic amines) is 1. The highest BCUT2D eigenvalue weighted by molar-refractivity contribution is 5.95. The average Bonchev–Trinajstić information content (AvgIpc) is 3.11. The number of nitrogens with zero attached hydrogens (tertiary/aromatic N) is 1. The Labute approximate surface area is 168 Å². The van der Waals surface area contributed by atoms with Crippen molar-refractivity contribution in [3.63, 3.8) is 0 Å². The van der Waals surface area contributed by atoms with Crippen LogP contribution in [-0.2, 0) is 19.1 Å². The smallest absolute Gasteiger partial charge is 0.312 e. The molecule has 0 saturated carbocycles. The van der Waals surface area contributed by atoms with E-state index in [2.05, 4.69) is 5.32 Å². The number of halogens is 1. The molecule has 0 spiro atoms. The molecule has 3 atom stereocenters. The Morgan fingerprint density at radius 1 is 1.10 bits per heavy atom. The van der Waals surface area contributed by atoms with Crippen molar-refractivity contribution in [2.24, 2.45) is 5.92 Å². The molecule has 7 heteroatoms. The van der Waals surface area contributed by atoms with E-state index in [0.717, 1.165) is 5.56 Å². The molecule has 1 aliphatic rings. The molecule has 0 aromatic heterocycles. The quantitative estimate of drug-likeness (QED) is 0.758. The number of hydrogen-bond donors (Lipinski definition) is 1. The highest BCUT2D eigenvalue weighted by Gasteiger charge is 2.38. The Balaban J connectivity index is 1.55. The zero-order chi connectivity index (χ0) is 21.0. The minimum absolute atomic E-state index is 0.0578. The third-order valence-corrected chi connectivity index (χ3v) is 5.02. The van der Waals surface area contributed by atoms with Gasteiger partial charge in [-0.2, -0.15) is 0 Å². The van der Waals surface area contributed by atoms with Gasteiger partial charge in [-0.15, -0.1) is 0 Å². The summed E-state index contributed by atoms with van der Waals surface area (Å²) in [4.78, 5) is 38.7. The first-order chi connectivity index (χ1) is 13.8. The summed E-state index contributed by atoms with van der Waals surface area (Å²) in [5.41, 5.74) is 1.39. The van der Waals surface area contributed by atoms with Gasteiger partial charge in [0.25, 0.3) is 5.91 Å². The second kappa shape index (κ2) is 8.86. The van der Waals surface area contributed by atoms with Crippen molar-refractivity contribution in [2.75, 3.05) is 11.9 Å². The van der Waals surface area contributed by atoms with Crippen LogP contribution in [0.3, 0.4) is 0 Å². The van der Waals surface area contributed by atoms with Crippen LogP contribution in [0.2, 0.25) is 0 Å². The Morgan fingerprint density at radius 2 is 1.76 bits per heavy atom. The van der Waals surface area contributed by atoms with Crippen molar-refractivity contribution in [1.82, 2.24) is 4.90 Å². The second-order valence-electron chi connectivity index (χ2n) is 7.11. The van der Waals surface area contributed by atoms with E-state index in [0.29, 0.717) is 5.69 Å². The largest absolute Gasteiger partial charge is 0.452 e. The standard InChI is InChI=1S/C22H23FN2O4/c1-14(16-6-4-3-5-7-16)25-13-17(12-20(25)26)22(28)29-15(2)21(27)24-19-10-8-18(23)9-11-19/h3-11,14-15,17H,12-13H2,1-2H3,(H,24,27)/t14-,15+,17+/m1/s1. The molecule has 1 saturated heterocycles. The first-order valence-electron chi connectivity index (χ1n) is 9.46. The van der Waals surface area contributed by atoms with Gasteiger partial charge in [0.2, 0.25) is 5.91 Å². The molecule has 2 amide bonds. The van der Waals surface area contributed by atoms with E-state index in [1.807, 2.05) is 37.3 Å². The third kappa shape index (κ3) is 4.99. The fourth-order valence-electron chi connectivity index (χ4n) is 3.28.